The van der Waals surface area contributed by atoms with Crippen LogP contribution in [0.2, 0.25) is 0 Å². The summed E-state index contributed by atoms with van der Waals surface area (Å²) in [6, 6.07) is 8.13. The minimum absolute atomic E-state index is 0.139. The number of amides is 1. The molecule has 116 valence electrons. The Balaban J connectivity index is 1.57. The third-order valence-corrected chi connectivity index (χ3v) is 5.22. The molecule has 7 heteroatoms. The number of benzene rings is 1. The molecule has 0 unspecified atom stereocenters. The smallest absolute Gasteiger partial charge is 0.233 e. The number of thioether (sulfide) groups is 1. The Labute approximate surface area is 137 Å². The van der Waals surface area contributed by atoms with Gasteiger partial charge in [-0.1, -0.05) is 41.6 Å². The van der Waals surface area contributed by atoms with Gasteiger partial charge < -0.3 is 9.64 Å². The molecule has 0 N–H and O–H groups in total. The highest BCUT2D eigenvalue weighted by Gasteiger charge is 2.17. The van der Waals surface area contributed by atoms with Crippen molar-refractivity contribution in [3.8, 4) is 11.4 Å². The Kier molecular flexibility index (Phi) is 5.07. The van der Waals surface area contributed by atoms with Crippen LogP contribution in [0.4, 0.5) is 0 Å². The van der Waals surface area contributed by atoms with Crippen LogP contribution < -0.4 is 0 Å². The number of carbonyl (C=O) groups is 1. The summed E-state index contributed by atoms with van der Waals surface area (Å²) < 4.78 is 10.5. The van der Waals surface area contributed by atoms with Gasteiger partial charge in [0.05, 0.1) is 19.0 Å². The lowest BCUT2D eigenvalue weighted by Gasteiger charge is -2.26. The standard InChI is InChI=1S/C15H17N3O2S2/c1-11-2-4-12(5-3-11)14-16-15(22-17-14)21-10-13(19)18-6-8-20-9-7-18/h2-5H,6-10H2,1H3. The predicted molar refractivity (Wildman–Crippen MR) is 88.2 cm³/mol. The highest BCUT2D eigenvalue weighted by atomic mass is 32.2. The van der Waals surface area contributed by atoms with Crippen molar-refractivity contribution in [1.29, 1.82) is 0 Å². The van der Waals surface area contributed by atoms with E-state index in [1.165, 1.54) is 28.9 Å². The third kappa shape index (κ3) is 3.85. The van der Waals surface area contributed by atoms with Crippen LogP contribution in [-0.2, 0) is 9.53 Å². The van der Waals surface area contributed by atoms with Crippen molar-refractivity contribution in [3.05, 3.63) is 29.8 Å². The molecule has 0 spiro atoms. The van der Waals surface area contributed by atoms with E-state index in [1.807, 2.05) is 29.2 Å². The highest BCUT2D eigenvalue weighted by molar-refractivity contribution is 8.01. The first kappa shape index (κ1) is 15.5. The van der Waals surface area contributed by atoms with Gasteiger partial charge in [-0.05, 0) is 18.5 Å². The van der Waals surface area contributed by atoms with Gasteiger partial charge in [0.1, 0.15) is 0 Å². The fourth-order valence-corrected chi connectivity index (χ4v) is 3.63. The quantitative estimate of drug-likeness (QED) is 0.804. The Morgan fingerprint density at radius 2 is 2.05 bits per heavy atom. The second-order valence-electron chi connectivity index (χ2n) is 5.03. The first-order valence-corrected chi connectivity index (χ1v) is 8.87. The summed E-state index contributed by atoms with van der Waals surface area (Å²) in [7, 11) is 0. The van der Waals surface area contributed by atoms with Gasteiger partial charge in [-0.2, -0.15) is 4.37 Å². The maximum Gasteiger partial charge on any atom is 0.233 e. The summed E-state index contributed by atoms with van der Waals surface area (Å²) in [5.74, 6) is 1.27. The molecule has 2 aromatic rings. The van der Waals surface area contributed by atoms with Gasteiger partial charge in [0.25, 0.3) is 0 Å². The highest BCUT2D eigenvalue weighted by Crippen LogP contribution is 2.25. The molecule has 0 aliphatic carbocycles. The molecule has 1 aromatic carbocycles. The largest absolute Gasteiger partial charge is 0.378 e. The molecule has 1 fully saturated rings. The average Bonchev–Trinajstić information content (AvgIpc) is 3.03. The summed E-state index contributed by atoms with van der Waals surface area (Å²) in [4.78, 5) is 18.4. The van der Waals surface area contributed by atoms with Crippen molar-refractivity contribution in [2.45, 2.75) is 11.3 Å². The van der Waals surface area contributed by atoms with E-state index in [9.17, 15) is 4.79 Å². The molecule has 0 atom stereocenters. The lowest BCUT2D eigenvalue weighted by molar-refractivity contribution is -0.132. The zero-order valence-electron chi connectivity index (χ0n) is 12.3. The number of rotatable bonds is 4. The number of carbonyl (C=O) groups excluding carboxylic acids is 1. The molecule has 0 radical (unpaired) electrons. The predicted octanol–water partition coefficient (Wildman–Crippen LogP) is 2.46. The third-order valence-electron chi connectivity index (χ3n) is 3.40. The van der Waals surface area contributed by atoms with E-state index in [0.717, 1.165) is 15.7 Å². The van der Waals surface area contributed by atoms with Crippen molar-refractivity contribution in [1.82, 2.24) is 14.3 Å². The SMILES string of the molecule is Cc1ccc(-c2nsc(SCC(=O)N3CCOCC3)n2)cc1. The molecule has 22 heavy (non-hydrogen) atoms. The zero-order chi connectivity index (χ0) is 15.4. The van der Waals surface area contributed by atoms with E-state index in [1.54, 1.807) is 0 Å². The normalized spacial score (nSPS) is 15.0. The molecule has 1 aliphatic rings. The number of nitrogens with zero attached hydrogens (tertiary/aromatic N) is 3. The van der Waals surface area contributed by atoms with Gasteiger partial charge in [-0.3, -0.25) is 4.79 Å². The molecule has 0 saturated carbocycles. The maximum atomic E-state index is 12.1. The maximum absolute atomic E-state index is 12.1. The minimum Gasteiger partial charge on any atom is -0.378 e. The van der Waals surface area contributed by atoms with Crippen molar-refractivity contribution < 1.29 is 9.53 Å². The van der Waals surface area contributed by atoms with Crippen molar-refractivity contribution in [2.75, 3.05) is 32.1 Å². The minimum atomic E-state index is 0.139. The Morgan fingerprint density at radius 1 is 1.32 bits per heavy atom. The molecule has 0 bridgehead atoms. The van der Waals surface area contributed by atoms with Crippen LogP contribution in [0.1, 0.15) is 5.56 Å². The number of hydrogen-bond donors (Lipinski definition) is 0. The van der Waals surface area contributed by atoms with Crippen LogP contribution >= 0.6 is 23.3 Å². The summed E-state index contributed by atoms with van der Waals surface area (Å²) in [6.07, 6.45) is 0. The number of aromatic nitrogens is 2. The first-order valence-electron chi connectivity index (χ1n) is 7.11. The van der Waals surface area contributed by atoms with Crippen LogP contribution in [0, 0.1) is 6.92 Å². The van der Waals surface area contributed by atoms with E-state index in [0.29, 0.717) is 32.1 Å². The van der Waals surface area contributed by atoms with Gasteiger partial charge in [-0.15, -0.1) is 0 Å². The van der Waals surface area contributed by atoms with Crippen molar-refractivity contribution in [2.24, 2.45) is 0 Å². The van der Waals surface area contributed by atoms with Crippen LogP contribution in [0.25, 0.3) is 11.4 Å². The lowest BCUT2D eigenvalue weighted by atomic mass is 10.1. The summed E-state index contributed by atoms with van der Waals surface area (Å²) in [5.41, 5.74) is 2.22. The van der Waals surface area contributed by atoms with Crippen LogP contribution in [0.5, 0.6) is 0 Å². The van der Waals surface area contributed by atoms with Crippen LogP contribution in [-0.4, -0.2) is 52.2 Å². The van der Waals surface area contributed by atoms with Crippen LogP contribution in [0.15, 0.2) is 28.6 Å². The second-order valence-corrected chi connectivity index (χ2v) is 7.01. The molecular formula is C15H17N3O2S2. The Hall–Kier alpha value is -1.44. The molecular weight excluding hydrogens is 318 g/mol. The monoisotopic (exact) mass is 335 g/mol. The lowest BCUT2D eigenvalue weighted by Crippen LogP contribution is -2.41. The van der Waals surface area contributed by atoms with Gasteiger partial charge in [-0.25, -0.2) is 4.98 Å². The van der Waals surface area contributed by atoms with E-state index < -0.39 is 0 Å². The fourth-order valence-electron chi connectivity index (χ4n) is 2.12. The van der Waals surface area contributed by atoms with E-state index >= 15 is 0 Å². The number of aryl methyl sites for hydroxylation is 1. The van der Waals surface area contributed by atoms with Gasteiger partial charge in [0, 0.05) is 18.7 Å². The number of ether oxygens (including phenoxy) is 1. The van der Waals surface area contributed by atoms with E-state index in [4.69, 9.17) is 4.74 Å². The van der Waals surface area contributed by atoms with E-state index in [2.05, 4.69) is 16.3 Å². The average molecular weight is 335 g/mol. The van der Waals surface area contributed by atoms with Crippen molar-refractivity contribution >= 4 is 29.2 Å². The van der Waals surface area contributed by atoms with Gasteiger partial charge in [0.15, 0.2) is 10.2 Å². The number of hydrogen-bond acceptors (Lipinski definition) is 6. The van der Waals surface area contributed by atoms with Gasteiger partial charge >= 0.3 is 0 Å². The van der Waals surface area contributed by atoms with Gasteiger partial charge in [0.2, 0.25) is 5.91 Å². The topological polar surface area (TPSA) is 55.3 Å². The summed E-state index contributed by atoms with van der Waals surface area (Å²) >= 11 is 2.80. The molecule has 1 aliphatic heterocycles. The zero-order valence-corrected chi connectivity index (χ0v) is 14.0. The molecule has 1 saturated heterocycles. The molecule has 1 aromatic heterocycles. The number of morpholine rings is 1. The molecule has 1 amide bonds. The Morgan fingerprint density at radius 3 is 2.77 bits per heavy atom. The summed E-state index contributed by atoms with van der Waals surface area (Å²) in [6.45, 7) is 4.69. The molecule has 2 heterocycles. The first-order chi connectivity index (χ1) is 10.7. The van der Waals surface area contributed by atoms with E-state index in [-0.39, 0.29) is 5.91 Å². The Bertz CT molecular complexity index is 636. The second kappa shape index (κ2) is 7.21. The fraction of sp³-hybridized carbons (Fsp3) is 0.400. The molecule has 5 nitrogen and oxygen atoms in total. The van der Waals surface area contributed by atoms with Crippen molar-refractivity contribution in [3.63, 3.8) is 0 Å². The summed E-state index contributed by atoms with van der Waals surface area (Å²) in [5, 5.41) is 0. The molecule has 3 rings (SSSR count). The van der Waals surface area contributed by atoms with Crippen LogP contribution in [0.3, 0.4) is 0 Å².